The van der Waals surface area contributed by atoms with Crippen molar-refractivity contribution in [2.45, 2.75) is 96.4 Å². The number of ether oxygens (including phenoxy) is 1. The SMILES string of the molecule is CC(C)(C)OC(=O)N1C[C@@H]2C[C@@](N)(C(=O)O)[C@@H](CCCB3OC(C)(C)C(C)(C)O3)[C@@H]2C1. The summed E-state index contributed by atoms with van der Waals surface area (Å²) >= 11 is 0. The van der Waals surface area contributed by atoms with Gasteiger partial charge in [-0.1, -0.05) is 6.42 Å². The minimum Gasteiger partial charge on any atom is -0.480 e. The number of carbonyl (C=O) groups excluding carboxylic acids is 1. The number of hydrogen-bond acceptors (Lipinski definition) is 6. The van der Waals surface area contributed by atoms with Crippen molar-refractivity contribution in [3.8, 4) is 0 Å². The van der Waals surface area contributed by atoms with Gasteiger partial charge in [-0.25, -0.2) is 4.79 Å². The van der Waals surface area contributed by atoms with E-state index in [9.17, 15) is 14.7 Å². The highest BCUT2D eigenvalue weighted by atomic mass is 16.7. The minimum absolute atomic E-state index is 0.0620. The maximum atomic E-state index is 12.5. The second-order valence-corrected chi connectivity index (χ2v) is 11.6. The van der Waals surface area contributed by atoms with E-state index in [0.29, 0.717) is 32.3 Å². The summed E-state index contributed by atoms with van der Waals surface area (Å²) in [6.45, 7) is 14.6. The molecule has 0 unspecified atom stereocenters. The predicted octanol–water partition coefficient (Wildman–Crippen LogP) is 3.14. The van der Waals surface area contributed by atoms with E-state index in [1.54, 1.807) is 4.90 Å². The maximum absolute atomic E-state index is 12.5. The van der Waals surface area contributed by atoms with Crippen LogP contribution in [0.3, 0.4) is 0 Å². The highest BCUT2D eigenvalue weighted by Crippen LogP contribution is 2.50. The van der Waals surface area contributed by atoms with Crippen LogP contribution in [-0.4, -0.2) is 64.6 Å². The first-order valence-electron chi connectivity index (χ1n) is 11.4. The van der Waals surface area contributed by atoms with Crippen molar-refractivity contribution in [1.29, 1.82) is 0 Å². The molecule has 0 bridgehead atoms. The molecule has 3 rings (SSSR count). The standard InChI is InChI=1S/C22H39BN2O6/c1-19(2,3)29-18(28)25-12-14-11-22(24,17(26)27)16(15(14)13-25)9-8-10-23-30-20(4,5)21(6,7)31-23/h14-16H,8-13,24H2,1-7H3,(H,26,27)/t14-,15+,16-,22-/m0/s1. The van der Waals surface area contributed by atoms with Crippen molar-refractivity contribution in [3.05, 3.63) is 0 Å². The molecule has 8 nitrogen and oxygen atoms in total. The van der Waals surface area contributed by atoms with Gasteiger partial charge in [0.2, 0.25) is 0 Å². The number of fused-ring (bicyclic) bond motifs is 1. The lowest BCUT2D eigenvalue weighted by atomic mass is 9.75. The molecule has 2 saturated heterocycles. The van der Waals surface area contributed by atoms with Crippen LogP contribution in [0, 0.1) is 17.8 Å². The number of rotatable bonds is 5. The number of amides is 1. The maximum Gasteiger partial charge on any atom is 0.457 e. The van der Waals surface area contributed by atoms with E-state index >= 15 is 0 Å². The quantitative estimate of drug-likeness (QED) is 0.635. The van der Waals surface area contributed by atoms with E-state index in [1.807, 2.05) is 48.5 Å². The van der Waals surface area contributed by atoms with Gasteiger partial charge in [0, 0.05) is 13.1 Å². The molecule has 0 radical (unpaired) electrons. The van der Waals surface area contributed by atoms with Crippen molar-refractivity contribution in [2.75, 3.05) is 13.1 Å². The number of carboxylic acids is 1. The lowest BCUT2D eigenvalue weighted by Gasteiger charge is -2.32. The minimum atomic E-state index is -1.26. The topological polar surface area (TPSA) is 111 Å². The zero-order valence-corrected chi connectivity index (χ0v) is 20.1. The first-order chi connectivity index (χ1) is 14.1. The van der Waals surface area contributed by atoms with Crippen LogP contribution in [0.4, 0.5) is 4.79 Å². The van der Waals surface area contributed by atoms with Crippen molar-refractivity contribution in [3.63, 3.8) is 0 Å². The summed E-state index contributed by atoms with van der Waals surface area (Å²) in [4.78, 5) is 26.3. The van der Waals surface area contributed by atoms with E-state index in [1.165, 1.54) is 0 Å². The molecular formula is C22H39BN2O6. The monoisotopic (exact) mass is 438 g/mol. The number of hydrogen-bond donors (Lipinski definition) is 2. The van der Waals surface area contributed by atoms with Crippen LogP contribution in [0.25, 0.3) is 0 Å². The predicted molar refractivity (Wildman–Crippen MR) is 118 cm³/mol. The Balaban J connectivity index is 1.63. The van der Waals surface area contributed by atoms with Crippen molar-refractivity contribution in [1.82, 2.24) is 4.90 Å². The smallest absolute Gasteiger partial charge is 0.457 e. The van der Waals surface area contributed by atoms with Gasteiger partial charge in [0.05, 0.1) is 11.2 Å². The second kappa shape index (κ2) is 7.92. The third-order valence-corrected chi connectivity index (χ3v) is 7.58. The lowest BCUT2D eigenvalue weighted by molar-refractivity contribution is -0.145. The summed E-state index contributed by atoms with van der Waals surface area (Å²) in [6, 6.07) is 0. The zero-order chi connectivity index (χ0) is 23.4. The van der Waals surface area contributed by atoms with Gasteiger partial charge >= 0.3 is 19.2 Å². The van der Waals surface area contributed by atoms with Gasteiger partial charge in [-0.3, -0.25) is 4.79 Å². The Labute approximate surface area is 186 Å². The molecule has 0 aromatic rings. The van der Waals surface area contributed by atoms with Crippen molar-refractivity contribution >= 4 is 19.2 Å². The van der Waals surface area contributed by atoms with E-state index in [0.717, 1.165) is 6.42 Å². The van der Waals surface area contributed by atoms with Crippen LogP contribution in [-0.2, 0) is 18.8 Å². The fourth-order valence-corrected chi connectivity index (χ4v) is 5.32. The Bertz CT molecular complexity index is 705. The Kier molecular flexibility index (Phi) is 6.22. The zero-order valence-electron chi connectivity index (χ0n) is 20.1. The lowest BCUT2D eigenvalue weighted by Crippen LogP contribution is -2.53. The highest BCUT2D eigenvalue weighted by Gasteiger charge is 2.59. The third kappa shape index (κ3) is 4.73. The Morgan fingerprint density at radius 1 is 1.16 bits per heavy atom. The van der Waals surface area contributed by atoms with Gasteiger partial charge in [0.25, 0.3) is 0 Å². The van der Waals surface area contributed by atoms with Crippen LogP contribution in [0.5, 0.6) is 0 Å². The third-order valence-electron chi connectivity index (χ3n) is 7.58. The second-order valence-electron chi connectivity index (χ2n) is 11.6. The molecule has 1 amide bonds. The Hall–Kier alpha value is -1.32. The van der Waals surface area contributed by atoms with Crippen LogP contribution < -0.4 is 5.73 Å². The number of carbonyl (C=O) groups is 2. The van der Waals surface area contributed by atoms with Crippen LogP contribution in [0.15, 0.2) is 0 Å². The van der Waals surface area contributed by atoms with Crippen molar-refractivity contribution < 1.29 is 28.7 Å². The number of aliphatic carboxylic acids is 1. The Morgan fingerprint density at radius 3 is 2.26 bits per heavy atom. The molecule has 0 aromatic heterocycles. The molecule has 9 heteroatoms. The molecule has 2 heterocycles. The number of nitrogens with two attached hydrogens (primary N) is 1. The average Bonchev–Trinajstić information content (AvgIpc) is 3.15. The summed E-state index contributed by atoms with van der Waals surface area (Å²) in [5.74, 6) is -1.02. The first kappa shape index (κ1) is 24.3. The van der Waals surface area contributed by atoms with Gasteiger partial charge in [0.15, 0.2) is 0 Å². The molecule has 176 valence electrons. The van der Waals surface area contributed by atoms with Crippen LogP contribution in [0.2, 0.25) is 6.32 Å². The molecule has 3 N–H and O–H groups in total. The molecule has 2 aliphatic heterocycles. The van der Waals surface area contributed by atoms with Gasteiger partial charge in [-0.15, -0.1) is 0 Å². The average molecular weight is 438 g/mol. The Morgan fingerprint density at radius 2 is 1.74 bits per heavy atom. The normalized spacial score (nSPS) is 34.1. The molecule has 1 saturated carbocycles. The molecule has 4 atom stereocenters. The number of carboxylic acid groups (broad SMARTS) is 1. The summed E-state index contributed by atoms with van der Waals surface area (Å²) < 4.78 is 17.7. The summed E-state index contributed by atoms with van der Waals surface area (Å²) in [5.41, 5.74) is 3.86. The summed E-state index contributed by atoms with van der Waals surface area (Å²) in [5, 5.41) is 9.89. The van der Waals surface area contributed by atoms with Gasteiger partial charge < -0.3 is 29.8 Å². The van der Waals surface area contributed by atoms with E-state index in [4.69, 9.17) is 19.8 Å². The molecule has 0 aromatic carbocycles. The molecule has 0 spiro atoms. The molecule has 3 fully saturated rings. The summed E-state index contributed by atoms with van der Waals surface area (Å²) in [6.07, 6.45) is 2.15. The fourth-order valence-electron chi connectivity index (χ4n) is 5.32. The molecule has 31 heavy (non-hydrogen) atoms. The first-order valence-corrected chi connectivity index (χ1v) is 11.4. The molecule has 3 aliphatic rings. The largest absolute Gasteiger partial charge is 0.480 e. The van der Waals surface area contributed by atoms with Crippen molar-refractivity contribution in [2.24, 2.45) is 23.5 Å². The molecular weight excluding hydrogens is 399 g/mol. The van der Waals surface area contributed by atoms with E-state index in [2.05, 4.69) is 0 Å². The molecule has 1 aliphatic carbocycles. The van der Waals surface area contributed by atoms with E-state index in [-0.39, 0.29) is 42.2 Å². The van der Waals surface area contributed by atoms with E-state index < -0.39 is 17.1 Å². The van der Waals surface area contributed by atoms with Gasteiger partial charge in [0.1, 0.15) is 11.1 Å². The summed E-state index contributed by atoms with van der Waals surface area (Å²) in [7, 11) is -0.305. The van der Waals surface area contributed by atoms with Crippen LogP contribution in [0.1, 0.15) is 67.7 Å². The van der Waals surface area contributed by atoms with Gasteiger partial charge in [-0.2, -0.15) is 0 Å². The number of likely N-dealkylation sites (tertiary alicyclic amines) is 1. The van der Waals surface area contributed by atoms with Gasteiger partial charge in [-0.05, 0) is 85.4 Å². The fraction of sp³-hybridized carbons (Fsp3) is 0.909. The van der Waals surface area contributed by atoms with Crippen LogP contribution >= 0.6 is 0 Å². The number of nitrogens with zero attached hydrogens (tertiary/aromatic N) is 1. The highest BCUT2D eigenvalue weighted by molar-refractivity contribution is 6.45.